The Morgan fingerprint density at radius 3 is 2.70 bits per heavy atom. The number of benzene rings is 1. The summed E-state index contributed by atoms with van der Waals surface area (Å²) in [5, 5.41) is 2.05. The molecule has 142 valence electrons. The molecule has 0 aliphatic carbocycles. The van der Waals surface area contributed by atoms with Gasteiger partial charge < -0.3 is 14.4 Å². The van der Waals surface area contributed by atoms with Crippen LogP contribution < -0.4 is 14.4 Å². The minimum atomic E-state index is 0.548. The number of hydrogen-bond donors (Lipinski definition) is 0. The van der Waals surface area contributed by atoms with Gasteiger partial charge in [0.15, 0.2) is 17.3 Å². The van der Waals surface area contributed by atoms with E-state index in [9.17, 15) is 0 Å². The Labute approximate surface area is 164 Å². The summed E-state index contributed by atoms with van der Waals surface area (Å²) in [5.74, 6) is 2.42. The van der Waals surface area contributed by atoms with E-state index in [1.54, 1.807) is 24.6 Å². The Kier molecular flexibility index (Phi) is 6.29. The average Bonchev–Trinajstić information content (AvgIpc) is 3.20. The molecule has 2 heterocycles. The van der Waals surface area contributed by atoms with Gasteiger partial charge in [0.05, 0.1) is 18.5 Å². The molecule has 0 unspecified atom stereocenters. The van der Waals surface area contributed by atoms with Crippen LogP contribution in [0.25, 0.3) is 0 Å². The number of thiophene rings is 1. The second kappa shape index (κ2) is 8.86. The van der Waals surface area contributed by atoms with Gasteiger partial charge in [-0.25, -0.2) is 4.98 Å². The lowest BCUT2D eigenvalue weighted by Gasteiger charge is -2.24. The minimum Gasteiger partial charge on any atom is -0.493 e. The van der Waals surface area contributed by atoms with Crippen LogP contribution in [0.5, 0.6) is 11.5 Å². The van der Waals surface area contributed by atoms with Gasteiger partial charge in [-0.1, -0.05) is 12.1 Å². The molecule has 0 N–H and O–H groups in total. The summed E-state index contributed by atoms with van der Waals surface area (Å²) < 4.78 is 11.5. The topological polar surface area (TPSA) is 47.5 Å². The summed E-state index contributed by atoms with van der Waals surface area (Å²) in [7, 11) is 1.67. The lowest BCUT2D eigenvalue weighted by molar-refractivity contribution is 0.287. The van der Waals surface area contributed by atoms with Crippen molar-refractivity contribution in [3.63, 3.8) is 0 Å². The molecule has 0 aliphatic heterocycles. The summed E-state index contributed by atoms with van der Waals surface area (Å²) in [6.07, 6.45) is 1.80. The molecular weight excluding hydrogens is 358 g/mol. The molecule has 6 heteroatoms. The van der Waals surface area contributed by atoms with Gasteiger partial charge in [0.1, 0.15) is 6.61 Å². The van der Waals surface area contributed by atoms with Gasteiger partial charge in [0.25, 0.3) is 0 Å². The predicted octanol–water partition coefficient (Wildman–Crippen LogP) is 4.77. The van der Waals surface area contributed by atoms with Crippen molar-refractivity contribution in [2.24, 2.45) is 0 Å². The van der Waals surface area contributed by atoms with Crippen LogP contribution in [0.2, 0.25) is 0 Å². The first-order valence-corrected chi connectivity index (χ1v) is 9.86. The largest absolute Gasteiger partial charge is 0.493 e. The zero-order valence-corrected chi connectivity index (χ0v) is 17.0. The average molecular weight is 384 g/mol. The summed E-state index contributed by atoms with van der Waals surface area (Å²) in [4.78, 5) is 12.5. The Morgan fingerprint density at radius 1 is 1.15 bits per heavy atom. The maximum atomic E-state index is 5.93. The molecule has 27 heavy (non-hydrogen) atoms. The van der Waals surface area contributed by atoms with Crippen LogP contribution in [0.1, 0.15) is 28.8 Å². The minimum absolute atomic E-state index is 0.548. The van der Waals surface area contributed by atoms with Crippen molar-refractivity contribution in [2.45, 2.75) is 33.9 Å². The highest BCUT2D eigenvalue weighted by Gasteiger charge is 2.13. The van der Waals surface area contributed by atoms with E-state index in [4.69, 9.17) is 9.47 Å². The van der Waals surface area contributed by atoms with Crippen LogP contribution in [-0.4, -0.2) is 23.6 Å². The molecule has 1 aromatic carbocycles. The van der Waals surface area contributed by atoms with Crippen LogP contribution in [-0.2, 0) is 13.2 Å². The fourth-order valence-electron chi connectivity index (χ4n) is 2.85. The highest BCUT2D eigenvalue weighted by atomic mass is 32.1. The van der Waals surface area contributed by atoms with Gasteiger partial charge in [-0.3, -0.25) is 4.98 Å². The fourth-order valence-corrected chi connectivity index (χ4v) is 3.47. The van der Waals surface area contributed by atoms with Gasteiger partial charge >= 0.3 is 0 Å². The molecule has 0 atom stereocenters. The maximum Gasteiger partial charge on any atom is 0.161 e. The van der Waals surface area contributed by atoms with Crippen molar-refractivity contribution in [2.75, 3.05) is 18.6 Å². The zero-order valence-electron chi connectivity index (χ0n) is 16.2. The van der Waals surface area contributed by atoms with Crippen LogP contribution >= 0.6 is 11.3 Å². The van der Waals surface area contributed by atoms with Gasteiger partial charge in [0, 0.05) is 24.2 Å². The number of hydrogen-bond acceptors (Lipinski definition) is 6. The number of anilines is 1. The van der Waals surface area contributed by atoms with Gasteiger partial charge in [-0.2, -0.15) is 0 Å². The molecule has 0 amide bonds. The molecule has 0 saturated heterocycles. The molecule has 0 aliphatic rings. The third-order valence-electron chi connectivity index (χ3n) is 4.28. The van der Waals surface area contributed by atoms with E-state index in [1.807, 2.05) is 32.0 Å². The van der Waals surface area contributed by atoms with E-state index in [0.717, 1.165) is 47.4 Å². The van der Waals surface area contributed by atoms with Crippen LogP contribution in [0.4, 0.5) is 5.82 Å². The Bertz CT molecular complexity index is 881. The molecular formula is C21H25N3O2S. The smallest absolute Gasteiger partial charge is 0.161 e. The summed E-state index contributed by atoms with van der Waals surface area (Å²) >= 11 is 1.68. The van der Waals surface area contributed by atoms with Crippen LogP contribution in [0, 0.1) is 13.8 Å². The normalized spacial score (nSPS) is 10.7. The van der Waals surface area contributed by atoms with Crippen molar-refractivity contribution < 1.29 is 9.47 Å². The standard InChI is InChI=1S/C21H25N3O2S/c1-5-24(21-16(3)22-12-15(2)23-21)13-17-8-9-19(20(11-17)25-4)26-14-18-7-6-10-27-18/h6-12H,5,13-14H2,1-4H3. The van der Waals surface area contributed by atoms with Gasteiger partial charge in [-0.15, -0.1) is 11.3 Å². The zero-order chi connectivity index (χ0) is 19.2. The van der Waals surface area contributed by atoms with Crippen molar-refractivity contribution in [1.29, 1.82) is 0 Å². The Hall–Kier alpha value is -2.60. The van der Waals surface area contributed by atoms with Gasteiger partial charge in [0.2, 0.25) is 0 Å². The van der Waals surface area contributed by atoms with E-state index in [1.165, 1.54) is 4.88 Å². The second-order valence-corrected chi connectivity index (χ2v) is 7.32. The molecule has 3 rings (SSSR count). The molecule has 2 aromatic heterocycles. The summed E-state index contributed by atoms with van der Waals surface area (Å²) in [6.45, 7) is 8.21. The van der Waals surface area contributed by atoms with Crippen molar-refractivity contribution in [3.05, 3.63) is 63.7 Å². The maximum absolute atomic E-state index is 5.93. The van der Waals surface area contributed by atoms with E-state index in [0.29, 0.717) is 6.61 Å². The first-order chi connectivity index (χ1) is 13.1. The Balaban J connectivity index is 1.76. The fraction of sp³-hybridized carbons (Fsp3) is 0.333. The van der Waals surface area contributed by atoms with E-state index in [-0.39, 0.29) is 0 Å². The third-order valence-corrected chi connectivity index (χ3v) is 5.13. The highest BCUT2D eigenvalue weighted by Crippen LogP contribution is 2.30. The van der Waals surface area contributed by atoms with Gasteiger partial charge in [-0.05, 0) is 49.9 Å². The van der Waals surface area contributed by atoms with E-state index < -0.39 is 0 Å². The molecule has 0 bridgehead atoms. The first-order valence-electron chi connectivity index (χ1n) is 8.98. The van der Waals surface area contributed by atoms with Crippen molar-refractivity contribution in [3.8, 4) is 11.5 Å². The van der Waals surface area contributed by atoms with E-state index >= 15 is 0 Å². The molecule has 0 saturated carbocycles. The number of rotatable bonds is 8. The molecule has 3 aromatic rings. The predicted molar refractivity (Wildman–Crippen MR) is 110 cm³/mol. The molecule has 0 spiro atoms. The number of aryl methyl sites for hydroxylation is 2. The highest BCUT2D eigenvalue weighted by molar-refractivity contribution is 7.09. The third kappa shape index (κ3) is 4.77. The van der Waals surface area contributed by atoms with E-state index in [2.05, 4.69) is 39.3 Å². The summed E-state index contributed by atoms with van der Waals surface area (Å²) in [5.41, 5.74) is 2.99. The molecule has 0 fully saturated rings. The van der Waals surface area contributed by atoms with Crippen LogP contribution in [0.3, 0.4) is 0 Å². The number of ether oxygens (including phenoxy) is 2. The quantitative estimate of drug-likeness (QED) is 0.561. The molecule has 0 radical (unpaired) electrons. The number of methoxy groups -OCH3 is 1. The number of aromatic nitrogens is 2. The lowest BCUT2D eigenvalue weighted by atomic mass is 10.2. The van der Waals surface area contributed by atoms with Crippen LogP contribution in [0.15, 0.2) is 41.9 Å². The second-order valence-electron chi connectivity index (χ2n) is 6.29. The monoisotopic (exact) mass is 383 g/mol. The number of nitrogens with zero attached hydrogens (tertiary/aromatic N) is 3. The first kappa shape index (κ1) is 19.2. The lowest BCUT2D eigenvalue weighted by Crippen LogP contribution is -2.24. The van der Waals surface area contributed by atoms with Crippen molar-refractivity contribution >= 4 is 17.2 Å². The SMILES string of the molecule is CCN(Cc1ccc(OCc2cccs2)c(OC)c1)c1nc(C)cnc1C. The summed E-state index contributed by atoms with van der Waals surface area (Å²) in [6, 6.07) is 10.2. The van der Waals surface area contributed by atoms with Crippen molar-refractivity contribution in [1.82, 2.24) is 9.97 Å². The Morgan fingerprint density at radius 2 is 2.00 bits per heavy atom. The molecule has 5 nitrogen and oxygen atoms in total.